The lowest BCUT2D eigenvalue weighted by Crippen LogP contribution is -2.49. The zero-order valence-corrected chi connectivity index (χ0v) is 11.5. The second kappa shape index (κ2) is 4.46. The van der Waals surface area contributed by atoms with E-state index in [4.69, 9.17) is 9.47 Å². The normalized spacial score (nSPS) is 25.1. The van der Waals surface area contributed by atoms with Crippen LogP contribution >= 0.6 is 0 Å². The van der Waals surface area contributed by atoms with Gasteiger partial charge < -0.3 is 9.47 Å². The molecule has 0 aromatic rings. The smallest absolute Gasteiger partial charge is 0.428 e. The number of carbonyl (C=O) groups excluding carboxylic acids is 1. The molecule has 0 N–H and O–H groups in total. The molecule has 1 fully saturated rings. The second-order valence-corrected chi connectivity index (χ2v) is 6.43. The van der Waals surface area contributed by atoms with E-state index >= 15 is 0 Å². The van der Waals surface area contributed by atoms with Crippen LogP contribution in [0, 0.1) is 5.41 Å². The highest BCUT2D eigenvalue weighted by Crippen LogP contribution is 2.31. The summed E-state index contributed by atoms with van der Waals surface area (Å²) in [4.78, 5) is 20.8. The van der Waals surface area contributed by atoms with E-state index in [9.17, 15) is 4.79 Å². The molecule has 100 valence electrons. The van der Waals surface area contributed by atoms with Crippen molar-refractivity contribution in [2.24, 2.45) is 5.41 Å². The summed E-state index contributed by atoms with van der Waals surface area (Å²) in [7, 11) is 0. The Labute approximate surface area is 102 Å². The fraction of sp³-hybridized carbons (Fsp3) is 0.917. The molecule has 0 amide bonds. The van der Waals surface area contributed by atoms with E-state index < -0.39 is 17.5 Å². The predicted octanol–water partition coefficient (Wildman–Crippen LogP) is 3.03. The molecule has 0 bridgehead atoms. The summed E-state index contributed by atoms with van der Waals surface area (Å²) in [6.45, 7) is 11.8. The summed E-state index contributed by atoms with van der Waals surface area (Å²) in [5, 5.41) is 0. The maximum Gasteiger partial charge on any atom is 0.511 e. The number of ether oxygens (including phenoxy) is 2. The SMILES string of the molecule is CC(C)(C)CC(C)(C)OC(=O)OC1(C)COO1. The van der Waals surface area contributed by atoms with E-state index in [0.717, 1.165) is 6.42 Å². The summed E-state index contributed by atoms with van der Waals surface area (Å²) in [6, 6.07) is 0. The van der Waals surface area contributed by atoms with Crippen molar-refractivity contribution in [2.75, 3.05) is 6.61 Å². The summed E-state index contributed by atoms with van der Waals surface area (Å²) in [6.07, 6.45) is 0.00782. The first kappa shape index (κ1) is 14.3. The topological polar surface area (TPSA) is 54.0 Å². The van der Waals surface area contributed by atoms with Crippen molar-refractivity contribution in [3.05, 3.63) is 0 Å². The van der Waals surface area contributed by atoms with Crippen LogP contribution in [0.3, 0.4) is 0 Å². The van der Waals surface area contributed by atoms with E-state index in [1.54, 1.807) is 6.92 Å². The van der Waals surface area contributed by atoms with Crippen LogP contribution in [0.25, 0.3) is 0 Å². The average Bonchev–Trinajstić information content (AvgIpc) is 1.93. The van der Waals surface area contributed by atoms with Crippen molar-refractivity contribution in [1.82, 2.24) is 0 Å². The van der Waals surface area contributed by atoms with Gasteiger partial charge in [-0.25, -0.2) is 9.68 Å². The second-order valence-electron chi connectivity index (χ2n) is 6.43. The molecule has 1 unspecified atom stereocenters. The van der Waals surface area contributed by atoms with Crippen LogP contribution in [-0.4, -0.2) is 24.2 Å². The summed E-state index contributed by atoms with van der Waals surface area (Å²) in [5.74, 6) is -1.01. The van der Waals surface area contributed by atoms with Gasteiger partial charge in [0.25, 0.3) is 5.79 Å². The average molecular weight is 246 g/mol. The molecular weight excluding hydrogens is 224 g/mol. The minimum atomic E-state index is -1.01. The number of rotatable bonds is 3. The minimum Gasteiger partial charge on any atom is -0.428 e. The van der Waals surface area contributed by atoms with Gasteiger partial charge in [0.1, 0.15) is 5.60 Å². The Hall–Kier alpha value is -0.810. The van der Waals surface area contributed by atoms with Gasteiger partial charge in [0.2, 0.25) is 0 Å². The quantitative estimate of drug-likeness (QED) is 0.566. The lowest BCUT2D eigenvalue weighted by molar-refractivity contribution is -0.522. The van der Waals surface area contributed by atoms with Crippen LogP contribution in [0.1, 0.15) is 48.0 Å². The molecule has 0 saturated carbocycles. The molecule has 5 nitrogen and oxygen atoms in total. The van der Waals surface area contributed by atoms with Gasteiger partial charge >= 0.3 is 6.16 Å². The van der Waals surface area contributed by atoms with Gasteiger partial charge in [0.15, 0.2) is 6.61 Å². The Bertz CT molecular complexity index is 286. The molecule has 1 rings (SSSR count). The molecule has 17 heavy (non-hydrogen) atoms. The number of carbonyl (C=O) groups is 1. The molecule has 1 aliphatic heterocycles. The molecule has 1 heterocycles. The van der Waals surface area contributed by atoms with Crippen LogP contribution in [0.4, 0.5) is 4.79 Å². The van der Waals surface area contributed by atoms with Crippen LogP contribution in [0.5, 0.6) is 0 Å². The first-order valence-corrected chi connectivity index (χ1v) is 5.74. The summed E-state index contributed by atoms with van der Waals surface area (Å²) >= 11 is 0. The Morgan fingerprint density at radius 1 is 1.29 bits per heavy atom. The largest absolute Gasteiger partial charge is 0.511 e. The zero-order valence-electron chi connectivity index (χ0n) is 11.5. The van der Waals surface area contributed by atoms with E-state index in [1.165, 1.54) is 0 Å². The van der Waals surface area contributed by atoms with Gasteiger partial charge in [0, 0.05) is 6.92 Å². The Morgan fingerprint density at radius 2 is 1.82 bits per heavy atom. The molecule has 1 saturated heterocycles. The van der Waals surface area contributed by atoms with Crippen molar-refractivity contribution >= 4 is 6.16 Å². The molecule has 0 aromatic heterocycles. The third-order valence-electron chi connectivity index (χ3n) is 2.17. The monoisotopic (exact) mass is 246 g/mol. The molecule has 0 radical (unpaired) electrons. The van der Waals surface area contributed by atoms with E-state index in [2.05, 4.69) is 30.5 Å². The molecule has 0 aromatic carbocycles. The van der Waals surface area contributed by atoms with Gasteiger partial charge in [-0.2, -0.15) is 4.89 Å². The van der Waals surface area contributed by atoms with Gasteiger partial charge in [-0.05, 0) is 25.7 Å². The Balaban J connectivity index is 2.44. The molecule has 0 spiro atoms. The highest BCUT2D eigenvalue weighted by Gasteiger charge is 2.42. The van der Waals surface area contributed by atoms with Crippen LogP contribution in [-0.2, 0) is 19.2 Å². The molecular formula is C12H22O5. The lowest BCUT2D eigenvalue weighted by atomic mass is 9.84. The standard InChI is InChI=1S/C12H22O5/c1-10(2,3)7-11(4,5)15-9(13)16-12(6)8-14-17-12/h7-8H2,1-6H3. The van der Waals surface area contributed by atoms with E-state index in [0.29, 0.717) is 0 Å². The Morgan fingerprint density at radius 3 is 2.18 bits per heavy atom. The summed E-state index contributed by atoms with van der Waals surface area (Å²) in [5.41, 5.74) is -0.500. The van der Waals surface area contributed by atoms with Crippen LogP contribution in [0.2, 0.25) is 0 Å². The van der Waals surface area contributed by atoms with E-state index in [1.807, 2.05) is 13.8 Å². The Kier molecular flexibility index (Phi) is 3.74. The fourth-order valence-electron chi connectivity index (χ4n) is 2.01. The predicted molar refractivity (Wildman–Crippen MR) is 61.2 cm³/mol. The molecule has 0 aliphatic carbocycles. The fourth-order valence-corrected chi connectivity index (χ4v) is 2.01. The maximum atomic E-state index is 11.6. The van der Waals surface area contributed by atoms with Gasteiger partial charge in [-0.3, -0.25) is 0 Å². The number of hydrogen-bond donors (Lipinski definition) is 0. The summed E-state index contributed by atoms with van der Waals surface area (Å²) < 4.78 is 10.3. The van der Waals surface area contributed by atoms with Gasteiger partial charge in [-0.15, -0.1) is 0 Å². The van der Waals surface area contributed by atoms with E-state index in [-0.39, 0.29) is 12.0 Å². The van der Waals surface area contributed by atoms with Crippen molar-refractivity contribution in [3.63, 3.8) is 0 Å². The van der Waals surface area contributed by atoms with Crippen molar-refractivity contribution in [2.45, 2.75) is 59.4 Å². The van der Waals surface area contributed by atoms with Crippen molar-refractivity contribution < 1.29 is 24.0 Å². The van der Waals surface area contributed by atoms with Crippen molar-refractivity contribution in [3.8, 4) is 0 Å². The number of hydrogen-bond acceptors (Lipinski definition) is 5. The van der Waals surface area contributed by atoms with Crippen LogP contribution in [0.15, 0.2) is 0 Å². The molecule has 1 aliphatic rings. The maximum absolute atomic E-state index is 11.6. The minimum absolute atomic E-state index is 0.0732. The van der Waals surface area contributed by atoms with Gasteiger partial charge in [0.05, 0.1) is 0 Å². The highest BCUT2D eigenvalue weighted by molar-refractivity contribution is 5.61. The van der Waals surface area contributed by atoms with Crippen molar-refractivity contribution in [1.29, 1.82) is 0 Å². The first-order valence-electron chi connectivity index (χ1n) is 5.74. The van der Waals surface area contributed by atoms with Crippen LogP contribution < -0.4 is 0 Å². The van der Waals surface area contributed by atoms with Gasteiger partial charge in [-0.1, -0.05) is 20.8 Å². The zero-order chi connectivity index (χ0) is 13.3. The highest BCUT2D eigenvalue weighted by atomic mass is 17.3. The molecule has 5 heteroatoms. The third kappa shape index (κ3) is 4.91. The molecule has 1 atom stereocenters. The first-order chi connectivity index (χ1) is 7.52. The lowest BCUT2D eigenvalue weighted by Gasteiger charge is -2.36. The third-order valence-corrected chi connectivity index (χ3v) is 2.17.